The van der Waals surface area contributed by atoms with Crippen LogP contribution < -0.4 is 10.9 Å². The first-order valence-corrected chi connectivity index (χ1v) is 7.71. The Morgan fingerprint density at radius 3 is 2.53 bits per heavy atom. The van der Waals surface area contributed by atoms with Gasteiger partial charge in [-0.2, -0.15) is 0 Å². The van der Waals surface area contributed by atoms with Crippen LogP contribution in [0.15, 0.2) is 4.79 Å². The minimum atomic E-state index is 0.0656. The van der Waals surface area contributed by atoms with Crippen molar-refractivity contribution in [3.05, 3.63) is 21.6 Å². The molecule has 0 atom stereocenters. The molecule has 1 saturated carbocycles. The van der Waals surface area contributed by atoms with Crippen molar-refractivity contribution in [3.63, 3.8) is 0 Å². The molecular formula is C15H23N3O. The van der Waals surface area contributed by atoms with E-state index in [-0.39, 0.29) is 5.56 Å². The van der Waals surface area contributed by atoms with Gasteiger partial charge in [0, 0.05) is 11.6 Å². The minimum absolute atomic E-state index is 0.0656. The zero-order valence-electron chi connectivity index (χ0n) is 11.5. The summed E-state index contributed by atoms with van der Waals surface area (Å²) in [6.45, 7) is 0. The fraction of sp³-hybridized carbons (Fsp3) is 0.733. The minimum Gasteiger partial charge on any atom is -0.353 e. The number of rotatable bonds is 2. The second-order valence-corrected chi connectivity index (χ2v) is 5.88. The average molecular weight is 261 g/mol. The van der Waals surface area contributed by atoms with E-state index in [1.165, 1.54) is 44.9 Å². The maximum atomic E-state index is 12.0. The second kappa shape index (κ2) is 5.76. The number of hydrogen-bond acceptors (Lipinski definition) is 3. The van der Waals surface area contributed by atoms with Gasteiger partial charge in [0.1, 0.15) is 0 Å². The van der Waals surface area contributed by atoms with Crippen molar-refractivity contribution in [2.24, 2.45) is 0 Å². The molecule has 0 aromatic carbocycles. The van der Waals surface area contributed by atoms with E-state index >= 15 is 0 Å². The van der Waals surface area contributed by atoms with Crippen LogP contribution in [0.1, 0.15) is 62.6 Å². The van der Waals surface area contributed by atoms with Crippen molar-refractivity contribution in [2.45, 2.75) is 70.3 Å². The first-order valence-electron chi connectivity index (χ1n) is 7.71. The van der Waals surface area contributed by atoms with Crippen LogP contribution in [0.4, 0.5) is 5.95 Å². The number of anilines is 1. The highest BCUT2D eigenvalue weighted by Gasteiger charge is 2.18. The van der Waals surface area contributed by atoms with Gasteiger partial charge in [0.05, 0.1) is 5.69 Å². The fourth-order valence-electron chi connectivity index (χ4n) is 3.30. The van der Waals surface area contributed by atoms with E-state index in [4.69, 9.17) is 0 Å². The number of nitrogens with one attached hydrogen (secondary N) is 2. The summed E-state index contributed by atoms with van der Waals surface area (Å²) in [5.41, 5.74) is 1.98. The standard InChI is InChI=1S/C15H23N3O/c19-14-12-9-6-10-13(12)17-15(18-14)16-11-7-4-2-1-3-5-8-11/h11H,1-10H2,(H2,16,17,18,19). The van der Waals surface area contributed by atoms with Gasteiger partial charge in [-0.15, -0.1) is 0 Å². The molecule has 1 heterocycles. The Balaban J connectivity index is 1.72. The number of aromatic nitrogens is 2. The predicted octanol–water partition coefficient (Wildman–Crippen LogP) is 2.78. The Bertz CT molecular complexity index is 487. The quantitative estimate of drug-likeness (QED) is 0.860. The topological polar surface area (TPSA) is 57.8 Å². The summed E-state index contributed by atoms with van der Waals surface area (Å²) in [5.74, 6) is 0.691. The second-order valence-electron chi connectivity index (χ2n) is 5.88. The smallest absolute Gasteiger partial charge is 0.255 e. The molecule has 0 amide bonds. The third-order valence-corrected chi connectivity index (χ3v) is 4.39. The highest BCUT2D eigenvalue weighted by Crippen LogP contribution is 2.21. The summed E-state index contributed by atoms with van der Waals surface area (Å²) in [4.78, 5) is 19.5. The molecule has 2 N–H and O–H groups in total. The van der Waals surface area contributed by atoms with Crippen molar-refractivity contribution in [1.29, 1.82) is 0 Å². The van der Waals surface area contributed by atoms with Gasteiger partial charge >= 0.3 is 0 Å². The van der Waals surface area contributed by atoms with Crippen molar-refractivity contribution in [3.8, 4) is 0 Å². The van der Waals surface area contributed by atoms with Crippen molar-refractivity contribution >= 4 is 5.95 Å². The molecule has 2 aliphatic carbocycles. The van der Waals surface area contributed by atoms with Crippen molar-refractivity contribution < 1.29 is 0 Å². The molecule has 19 heavy (non-hydrogen) atoms. The van der Waals surface area contributed by atoms with Crippen LogP contribution in [0.25, 0.3) is 0 Å². The molecule has 0 radical (unpaired) electrons. The molecule has 4 heteroatoms. The SMILES string of the molecule is O=c1[nH]c(NC2CCCCCCC2)nc2c1CCC2. The van der Waals surface area contributed by atoms with Gasteiger partial charge in [-0.3, -0.25) is 9.78 Å². The molecule has 0 unspecified atom stereocenters. The van der Waals surface area contributed by atoms with Crippen LogP contribution in [-0.2, 0) is 12.8 Å². The van der Waals surface area contributed by atoms with E-state index in [0.29, 0.717) is 12.0 Å². The number of nitrogens with zero attached hydrogens (tertiary/aromatic N) is 1. The van der Waals surface area contributed by atoms with Crippen LogP contribution in [0.5, 0.6) is 0 Å². The maximum absolute atomic E-state index is 12.0. The van der Waals surface area contributed by atoms with Gasteiger partial charge in [-0.25, -0.2) is 4.98 Å². The highest BCUT2D eigenvalue weighted by atomic mass is 16.1. The summed E-state index contributed by atoms with van der Waals surface area (Å²) in [7, 11) is 0. The van der Waals surface area contributed by atoms with E-state index < -0.39 is 0 Å². The number of H-pyrrole nitrogens is 1. The summed E-state index contributed by atoms with van der Waals surface area (Å²) in [6, 6.07) is 0.475. The third kappa shape index (κ3) is 2.99. The first-order chi connectivity index (χ1) is 9.33. The van der Waals surface area contributed by atoms with Gasteiger partial charge in [0.15, 0.2) is 0 Å². The summed E-state index contributed by atoms with van der Waals surface area (Å²) in [5, 5.41) is 3.45. The molecule has 0 aliphatic heterocycles. The molecule has 1 aromatic heterocycles. The Kier molecular flexibility index (Phi) is 3.85. The van der Waals surface area contributed by atoms with E-state index in [1.54, 1.807) is 0 Å². The molecule has 1 aromatic rings. The zero-order chi connectivity index (χ0) is 13.1. The van der Waals surface area contributed by atoms with E-state index in [9.17, 15) is 4.79 Å². The molecule has 2 aliphatic rings. The van der Waals surface area contributed by atoms with Crippen LogP contribution in [0.2, 0.25) is 0 Å². The average Bonchev–Trinajstić information content (AvgIpc) is 2.81. The lowest BCUT2D eigenvalue weighted by molar-refractivity contribution is 0.469. The maximum Gasteiger partial charge on any atom is 0.255 e. The lowest BCUT2D eigenvalue weighted by Gasteiger charge is -2.21. The van der Waals surface area contributed by atoms with Gasteiger partial charge in [-0.1, -0.05) is 32.1 Å². The molecule has 0 bridgehead atoms. The number of fused-ring (bicyclic) bond motifs is 1. The summed E-state index contributed by atoms with van der Waals surface area (Å²) < 4.78 is 0. The van der Waals surface area contributed by atoms with Crippen LogP contribution in [0, 0.1) is 0 Å². The lowest BCUT2D eigenvalue weighted by Crippen LogP contribution is -2.25. The fourth-order valence-corrected chi connectivity index (χ4v) is 3.30. The molecule has 1 fully saturated rings. The molecule has 4 nitrogen and oxygen atoms in total. The van der Waals surface area contributed by atoms with Gasteiger partial charge in [0.25, 0.3) is 5.56 Å². The highest BCUT2D eigenvalue weighted by molar-refractivity contribution is 5.33. The molecule has 3 rings (SSSR count). The van der Waals surface area contributed by atoms with Crippen LogP contribution in [-0.4, -0.2) is 16.0 Å². The van der Waals surface area contributed by atoms with E-state index in [0.717, 1.165) is 30.5 Å². The number of aromatic amines is 1. The largest absolute Gasteiger partial charge is 0.353 e. The monoisotopic (exact) mass is 261 g/mol. The number of aryl methyl sites for hydroxylation is 1. The Morgan fingerprint density at radius 1 is 1.00 bits per heavy atom. The van der Waals surface area contributed by atoms with Gasteiger partial charge < -0.3 is 5.32 Å². The lowest BCUT2D eigenvalue weighted by atomic mass is 9.97. The van der Waals surface area contributed by atoms with E-state index in [2.05, 4.69) is 15.3 Å². The Labute approximate surface area is 114 Å². The number of hydrogen-bond donors (Lipinski definition) is 2. The van der Waals surface area contributed by atoms with Crippen LogP contribution >= 0.6 is 0 Å². The Morgan fingerprint density at radius 2 is 1.74 bits per heavy atom. The Hall–Kier alpha value is -1.32. The summed E-state index contributed by atoms with van der Waals surface area (Å²) in [6.07, 6.45) is 11.9. The van der Waals surface area contributed by atoms with Crippen LogP contribution in [0.3, 0.4) is 0 Å². The van der Waals surface area contributed by atoms with Crippen molar-refractivity contribution in [2.75, 3.05) is 5.32 Å². The van der Waals surface area contributed by atoms with Crippen molar-refractivity contribution in [1.82, 2.24) is 9.97 Å². The molecule has 104 valence electrons. The van der Waals surface area contributed by atoms with Gasteiger partial charge in [-0.05, 0) is 32.1 Å². The van der Waals surface area contributed by atoms with Gasteiger partial charge in [0.2, 0.25) is 5.95 Å². The zero-order valence-corrected chi connectivity index (χ0v) is 11.5. The molecule has 0 saturated heterocycles. The predicted molar refractivity (Wildman–Crippen MR) is 76.6 cm³/mol. The normalized spacial score (nSPS) is 20.6. The molecular weight excluding hydrogens is 238 g/mol. The summed E-state index contributed by atoms with van der Waals surface area (Å²) >= 11 is 0. The third-order valence-electron chi connectivity index (χ3n) is 4.39. The molecule has 0 spiro atoms. The first kappa shape index (κ1) is 12.7. The van der Waals surface area contributed by atoms with E-state index in [1.807, 2.05) is 0 Å².